The molecule has 2 rings (SSSR count). The molecule has 1 unspecified atom stereocenters. The zero-order valence-electron chi connectivity index (χ0n) is 8.81. The second-order valence-corrected chi connectivity index (χ2v) is 6.94. The van der Waals surface area contributed by atoms with E-state index in [-0.39, 0.29) is 11.2 Å². The van der Waals surface area contributed by atoms with E-state index in [1.54, 1.807) is 6.07 Å². The van der Waals surface area contributed by atoms with Crippen LogP contribution in [0.4, 0.5) is 4.39 Å². The molecule has 5 heteroatoms. The summed E-state index contributed by atoms with van der Waals surface area (Å²) in [4.78, 5) is 0.897. The summed E-state index contributed by atoms with van der Waals surface area (Å²) in [5.41, 5.74) is 1.60. The van der Waals surface area contributed by atoms with Gasteiger partial charge in [0.25, 0.3) is 0 Å². The van der Waals surface area contributed by atoms with Gasteiger partial charge in [-0.1, -0.05) is 17.7 Å². The molecule has 0 spiro atoms. The highest BCUT2D eigenvalue weighted by Gasteiger charge is 2.16. The first-order valence-electron chi connectivity index (χ1n) is 4.83. The Morgan fingerprint density at radius 2 is 2.00 bits per heavy atom. The topological polar surface area (TPSA) is 0 Å². The van der Waals surface area contributed by atoms with Crippen molar-refractivity contribution >= 4 is 50.5 Å². The quantitative estimate of drug-likeness (QED) is 0.586. The molecule has 0 N–H and O–H groups in total. The Balaban J connectivity index is 2.39. The SMILES string of the molecule is Cc1cc(F)cc(C(Cl)c2cc(Cl)c(Br)s2)c1. The minimum absolute atomic E-state index is 0.271. The van der Waals surface area contributed by atoms with Crippen LogP contribution in [-0.4, -0.2) is 0 Å². The largest absolute Gasteiger partial charge is 0.207 e. The zero-order valence-corrected chi connectivity index (χ0v) is 12.7. The molecule has 0 aliphatic heterocycles. The molecule has 0 aliphatic rings. The first-order chi connectivity index (χ1) is 7.97. The molecule has 0 aliphatic carbocycles. The van der Waals surface area contributed by atoms with Crippen LogP contribution < -0.4 is 0 Å². The standard InChI is InChI=1S/C12H8BrCl2FS/c1-6-2-7(4-8(16)3-6)11(15)10-5-9(14)12(13)17-10/h2-5,11H,1H3. The van der Waals surface area contributed by atoms with Gasteiger partial charge in [-0.2, -0.15) is 0 Å². The van der Waals surface area contributed by atoms with Crippen molar-refractivity contribution in [3.8, 4) is 0 Å². The first-order valence-corrected chi connectivity index (χ1v) is 7.25. The third-order valence-corrected chi connectivity index (χ3v) is 5.43. The summed E-state index contributed by atoms with van der Waals surface area (Å²) in [6, 6.07) is 6.60. The Morgan fingerprint density at radius 3 is 2.53 bits per heavy atom. The Labute approximate surface area is 121 Å². The molecule has 0 nitrogen and oxygen atoms in total. The van der Waals surface area contributed by atoms with Gasteiger partial charge in [0.05, 0.1) is 14.2 Å². The molecular formula is C12H8BrCl2FS. The summed E-state index contributed by atoms with van der Waals surface area (Å²) in [6.07, 6.45) is 0. The molecule has 17 heavy (non-hydrogen) atoms. The summed E-state index contributed by atoms with van der Waals surface area (Å²) in [5.74, 6) is -0.271. The second kappa shape index (κ2) is 5.27. The van der Waals surface area contributed by atoms with Crippen LogP contribution in [-0.2, 0) is 0 Å². The minimum Gasteiger partial charge on any atom is -0.207 e. The summed E-state index contributed by atoms with van der Waals surface area (Å²) < 4.78 is 14.1. The molecule has 1 heterocycles. The smallest absolute Gasteiger partial charge is 0.123 e. The van der Waals surface area contributed by atoms with Crippen LogP contribution in [0.1, 0.15) is 21.4 Å². The van der Waals surface area contributed by atoms with Crippen molar-refractivity contribution in [3.63, 3.8) is 0 Å². The van der Waals surface area contributed by atoms with Gasteiger partial charge in [-0.3, -0.25) is 0 Å². The maximum atomic E-state index is 13.3. The number of halogens is 4. The highest BCUT2D eigenvalue weighted by molar-refractivity contribution is 9.11. The van der Waals surface area contributed by atoms with E-state index in [1.807, 2.05) is 13.0 Å². The van der Waals surface area contributed by atoms with Gasteiger partial charge >= 0.3 is 0 Å². The third kappa shape index (κ3) is 3.02. The lowest BCUT2D eigenvalue weighted by Gasteiger charge is -2.08. The van der Waals surface area contributed by atoms with Crippen LogP contribution >= 0.6 is 50.5 Å². The Morgan fingerprint density at radius 1 is 1.29 bits per heavy atom. The maximum absolute atomic E-state index is 13.3. The van der Waals surface area contributed by atoms with Crippen molar-refractivity contribution in [2.75, 3.05) is 0 Å². The van der Waals surface area contributed by atoms with Gasteiger partial charge in [-0.25, -0.2) is 4.39 Å². The molecule has 1 aromatic heterocycles. The lowest BCUT2D eigenvalue weighted by Crippen LogP contribution is -1.92. The molecule has 0 bridgehead atoms. The predicted molar refractivity (Wildman–Crippen MR) is 75.9 cm³/mol. The van der Waals surface area contributed by atoms with Gasteiger partial charge in [0.1, 0.15) is 5.82 Å². The van der Waals surface area contributed by atoms with E-state index in [1.165, 1.54) is 23.5 Å². The van der Waals surface area contributed by atoms with Gasteiger partial charge < -0.3 is 0 Å². The van der Waals surface area contributed by atoms with Crippen molar-refractivity contribution in [3.05, 3.63) is 54.9 Å². The summed E-state index contributed by atoms with van der Waals surface area (Å²) >= 11 is 17.1. The average molecular weight is 354 g/mol. The van der Waals surface area contributed by atoms with Gasteiger partial charge in [0.2, 0.25) is 0 Å². The number of thiophene rings is 1. The molecule has 0 amide bonds. The van der Waals surface area contributed by atoms with E-state index in [4.69, 9.17) is 23.2 Å². The average Bonchev–Trinajstić information content (AvgIpc) is 2.57. The lowest BCUT2D eigenvalue weighted by atomic mass is 10.1. The number of hydrogen-bond donors (Lipinski definition) is 0. The molecule has 0 saturated carbocycles. The highest BCUT2D eigenvalue weighted by atomic mass is 79.9. The van der Waals surface area contributed by atoms with Crippen molar-refractivity contribution in [2.45, 2.75) is 12.3 Å². The predicted octanol–water partition coefficient (Wildman–Crippen LogP) is 5.94. The maximum Gasteiger partial charge on any atom is 0.123 e. The van der Waals surface area contributed by atoms with E-state index in [2.05, 4.69) is 15.9 Å². The number of hydrogen-bond acceptors (Lipinski definition) is 1. The number of alkyl halides is 1. The zero-order chi connectivity index (χ0) is 12.6. The van der Waals surface area contributed by atoms with E-state index < -0.39 is 0 Å². The van der Waals surface area contributed by atoms with Gasteiger partial charge in [-0.15, -0.1) is 22.9 Å². The normalized spacial score (nSPS) is 12.8. The fourth-order valence-electron chi connectivity index (χ4n) is 1.56. The van der Waals surface area contributed by atoms with Gasteiger partial charge in [0, 0.05) is 4.88 Å². The van der Waals surface area contributed by atoms with Crippen molar-refractivity contribution in [1.82, 2.24) is 0 Å². The molecule has 0 radical (unpaired) electrons. The Hall–Kier alpha value is -0.0900. The third-order valence-electron chi connectivity index (χ3n) is 2.27. The molecule has 1 aromatic carbocycles. The van der Waals surface area contributed by atoms with Crippen molar-refractivity contribution in [1.29, 1.82) is 0 Å². The molecule has 1 atom stereocenters. The van der Waals surface area contributed by atoms with Crippen LogP contribution in [0.25, 0.3) is 0 Å². The Bertz CT molecular complexity index is 514. The fourth-order valence-corrected chi connectivity index (χ4v) is 3.64. The minimum atomic E-state index is -0.377. The lowest BCUT2D eigenvalue weighted by molar-refractivity contribution is 0.624. The van der Waals surface area contributed by atoms with Crippen LogP contribution in [0, 0.1) is 12.7 Å². The fraction of sp³-hybridized carbons (Fsp3) is 0.167. The van der Waals surface area contributed by atoms with Crippen LogP contribution in [0.5, 0.6) is 0 Å². The number of rotatable bonds is 2. The Kier molecular flexibility index (Phi) is 4.14. The number of benzene rings is 1. The van der Waals surface area contributed by atoms with Crippen molar-refractivity contribution < 1.29 is 4.39 Å². The monoisotopic (exact) mass is 352 g/mol. The summed E-state index contributed by atoms with van der Waals surface area (Å²) in [6.45, 7) is 1.84. The number of aryl methyl sites for hydroxylation is 1. The molecule has 90 valence electrons. The molecular weight excluding hydrogens is 346 g/mol. The van der Waals surface area contributed by atoms with Crippen LogP contribution in [0.15, 0.2) is 28.1 Å². The van der Waals surface area contributed by atoms with Crippen molar-refractivity contribution in [2.24, 2.45) is 0 Å². The second-order valence-electron chi connectivity index (χ2n) is 3.69. The molecule has 0 saturated heterocycles. The van der Waals surface area contributed by atoms with Crippen LogP contribution in [0.3, 0.4) is 0 Å². The van der Waals surface area contributed by atoms with Crippen LogP contribution in [0.2, 0.25) is 5.02 Å². The molecule has 2 aromatic rings. The first kappa shape index (κ1) is 13.3. The van der Waals surface area contributed by atoms with Gasteiger partial charge in [-0.05, 0) is 52.2 Å². The summed E-state index contributed by atoms with van der Waals surface area (Å²) in [7, 11) is 0. The van der Waals surface area contributed by atoms with E-state index in [0.29, 0.717) is 5.02 Å². The molecule has 0 fully saturated rings. The van der Waals surface area contributed by atoms with E-state index in [0.717, 1.165) is 19.8 Å². The van der Waals surface area contributed by atoms with Gasteiger partial charge in [0.15, 0.2) is 0 Å². The highest BCUT2D eigenvalue weighted by Crippen LogP contribution is 2.40. The summed E-state index contributed by atoms with van der Waals surface area (Å²) in [5, 5.41) is 0.252. The van der Waals surface area contributed by atoms with E-state index >= 15 is 0 Å². The van der Waals surface area contributed by atoms with E-state index in [9.17, 15) is 4.39 Å².